The number of ether oxygens (including phenoxy) is 2. The molecule has 2 heterocycles. The third kappa shape index (κ3) is 6.33. The van der Waals surface area contributed by atoms with Gasteiger partial charge in [-0.2, -0.15) is 5.26 Å². The number of amides is 1. The lowest BCUT2D eigenvalue weighted by Crippen LogP contribution is -2.35. The number of carbonyl (C=O) groups excluding carboxylic acids is 2. The van der Waals surface area contributed by atoms with E-state index in [9.17, 15) is 9.59 Å². The van der Waals surface area contributed by atoms with Crippen molar-refractivity contribution in [3.05, 3.63) is 95.4 Å². The molecule has 8 nitrogen and oxygen atoms in total. The van der Waals surface area contributed by atoms with Crippen LogP contribution in [0.3, 0.4) is 0 Å². The van der Waals surface area contributed by atoms with Crippen molar-refractivity contribution in [2.75, 3.05) is 18.1 Å². The first-order chi connectivity index (χ1) is 18.0. The Hall–Kier alpha value is -4.64. The number of hydrogen-bond acceptors (Lipinski definition) is 6. The van der Waals surface area contributed by atoms with Gasteiger partial charge in [0.2, 0.25) is 0 Å². The maximum absolute atomic E-state index is 13.1. The van der Waals surface area contributed by atoms with E-state index in [0.29, 0.717) is 22.6 Å². The number of benzene rings is 2. The summed E-state index contributed by atoms with van der Waals surface area (Å²) in [7, 11) is 0. The average Bonchev–Trinajstić information content (AvgIpc) is 3.23. The van der Waals surface area contributed by atoms with E-state index in [1.165, 1.54) is 4.90 Å². The van der Waals surface area contributed by atoms with Crippen molar-refractivity contribution in [1.82, 2.24) is 9.38 Å². The Morgan fingerprint density at radius 1 is 1.05 bits per heavy atom. The van der Waals surface area contributed by atoms with Crippen molar-refractivity contribution in [2.45, 2.75) is 33.1 Å². The highest BCUT2D eigenvalue weighted by molar-refractivity contribution is 5.90. The minimum absolute atomic E-state index is 0.0545. The summed E-state index contributed by atoms with van der Waals surface area (Å²) < 4.78 is 12.7. The fourth-order valence-corrected chi connectivity index (χ4v) is 4.03. The van der Waals surface area contributed by atoms with Crippen LogP contribution in [0.5, 0.6) is 5.75 Å². The number of rotatable bonds is 9. The largest absolute Gasteiger partial charge is 0.466 e. The van der Waals surface area contributed by atoms with Crippen LogP contribution in [0.2, 0.25) is 0 Å². The van der Waals surface area contributed by atoms with E-state index < -0.39 is 6.09 Å². The van der Waals surface area contributed by atoms with Gasteiger partial charge in [-0.1, -0.05) is 30.3 Å². The number of nitrogens with zero attached hydrogens (tertiary/aromatic N) is 4. The van der Waals surface area contributed by atoms with Gasteiger partial charge in [-0.15, -0.1) is 0 Å². The van der Waals surface area contributed by atoms with Crippen molar-refractivity contribution in [3.63, 3.8) is 0 Å². The first-order valence-electron chi connectivity index (χ1n) is 12.1. The second-order valence-corrected chi connectivity index (χ2v) is 8.45. The summed E-state index contributed by atoms with van der Waals surface area (Å²) in [6, 6.07) is 22.2. The van der Waals surface area contributed by atoms with Crippen molar-refractivity contribution < 1.29 is 19.1 Å². The summed E-state index contributed by atoms with van der Waals surface area (Å²) >= 11 is 0. The van der Waals surface area contributed by atoms with Crippen LogP contribution in [0.15, 0.2) is 72.9 Å². The second-order valence-electron chi connectivity index (χ2n) is 8.45. The zero-order valence-corrected chi connectivity index (χ0v) is 20.9. The van der Waals surface area contributed by atoms with Gasteiger partial charge < -0.3 is 13.9 Å². The minimum atomic E-state index is -0.593. The number of esters is 1. The maximum Gasteiger partial charge on any atom is 0.419 e. The van der Waals surface area contributed by atoms with E-state index in [4.69, 9.17) is 19.7 Å². The normalized spacial score (nSPS) is 10.6. The number of pyridine rings is 1. The molecular weight excluding hydrogens is 468 g/mol. The lowest BCUT2D eigenvalue weighted by molar-refractivity contribution is -0.142. The molecule has 2 aromatic carbocycles. The fourth-order valence-electron chi connectivity index (χ4n) is 4.03. The number of anilines is 1. The molecule has 2 aromatic heterocycles. The zero-order chi connectivity index (χ0) is 26.2. The molecule has 4 rings (SSSR count). The topological polar surface area (TPSA) is 96.9 Å². The molecule has 0 unspecified atom stereocenters. The Labute approximate surface area is 215 Å². The van der Waals surface area contributed by atoms with Gasteiger partial charge in [0.05, 0.1) is 30.4 Å². The van der Waals surface area contributed by atoms with Gasteiger partial charge in [-0.05, 0) is 62.6 Å². The number of carbonyl (C=O) groups is 2. The van der Waals surface area contributed by atoms with Crippen LogP contribution >= 0.6 is 0 Å². The summed E-state index contributed by atoms with van der Waals surface area (Å²) in [5.74, 6) is -0.0164. The van der Waals surface area contributed by atoms with E-state index in [1.54, 1.807) is 31.2 Å². The smallest absolute Gasteiger partial charge is 0.419 e. The Kier molecular flexibility index (Phi) is 8.16. The molecule has 0 aliphatic rings. The molecule has 0 atom stereocenters. The number of aryl methyl sites for hydroxylation is 3. The van der Waals surface area contributed by atoms with Crippen LogP contribution < -0.4 is 9.64 Å². The van der Waals surface area contributed by atoms with E-state index in [-0.39, 0.29) is 25.5 Å². The highest BCUT2D eigenvalue weighted by Gasteiger charge is 2.20. The van der Waals surface area contributed by atoms with Gasteiger partial charge in [0.15, 0.2) is 0 Å². The number of nitriles is 1. The van der Waals surface area contributed by atoms with Gasteiger partial charge in [-0.25, -0.2) is 9.78 Å². The van der Waals surface area contributed by atoms with Crippen molar-refractivity contribution in [3.8, 4) is 11.8 Å². The molecule has 8 heteroatoms. The summed E-state index contributed by atoms with van der Waals surface area (Å²) in [5, 5.41) is 8.97. The van der Waals surface area contributed by atoms with Crippen molar-refractivity contribution in [2.24, 2.45) is 0 Å². The van der Waals surface area contributed by atoms with Crippen LogP contribution in [-0.4, -0.2) is 34.6 Å². The third-order valence-corrected chi connectivity index (χ3v) is 6.01. The third-order valence-electron chi connectivity index (χ3n) is 6.01. The molecule has 0 bridgehead atoms. The SMILES string of the molecule is CCOC(=O)CCN(C(=O)Oc1ccn2c(C)c(CCc3ccc(C#N)cc3)nc2c1)c1ccccc1. The van der Waals surface area contributed by atoms with E-state index in [2.05, 4.69) is 6.07 Å². The zero-order valence-electron chi connectivity index (χ0n) is 20.9. The molecule has 0 N–H and O–H groups in total. The quantitative estimate of drug-likeness (QED) is 0.293. The molecule has 188 valence electrons. The van der Waals surface area contributed by atoms with Crippen LogP contribution in [0.25, 0.3) is 5.65 Å². The molecular formula is C29H28N4O4. The van der Waals surface area contributed by atoms with Gasteiger partial charge in [0, 0.05) is 30.2 Å². The Bertz CT molecular complexity index is 1420. The van der Waals surface area contributed by atoms with Gasteiger partial charge in [0.1, 0.15) is 11.4 Å². The highest BCUT2D eigenvalue weighted by Crippen LogP contribution is 2.22. The second kappa shape index (κ2) is 11.9. The summed E-state index contributed by atoms with van der Waals surface area (Å²) in [6.07, 6.45) is 2.83. The van der Waals surface area contributed by atoms with Crippen LogP contribution in [-0.2, 0) is 22.4 Å². The number of hydrogen-bond donors (Lipinski definition) is 0. The predicted octanol–water partition coefficient (Wildman–Crippen LogP) is 5.26. The molecule has 0 spiro atoms. The Morgan fingerprint density at radius 3 is 2.51 bits per heavy atom. The van der Waals surface area contributed by atoms with Gasteiger partial charge in [0.25, 0.3) is 0 Å². The first-order valence-corrected chi connectivity index (χ1v) is 12.1. The molecule has 0 aliphatic carbocycles. The molecule has 0 saturated heterocycles. The minimum Gasteiger partial charge on any atom is -0.466 e. The maximum atomic E-state index is 13.1. The summed E-state index contributed by atoms with van der Waals surface area (Å²) in [6.45, 7) is 4.17. The number of aromatic nitrogens is 2. The fraction of sp³-hybridized carbons (Fsp3) is 0.241. The molecule has 37 heavy (non-hydrogen) atoms. The monoisotopic (exact) mass is 496 g/mol. The van der Waals surface area contributed by atoms with Crippen molar-refractivity contribution >= 4 is 23.4 Å². The molecule has 0 aliphatic heterocycles. The molecule has 4 aromatic rings. The number of fused-ring (bicyclic) bond motifs is 1. The lowest BCUT2D eigenvalue weighted by atomic mass is 10.1. The lowest BCUT2D eigenvalue weighted by Gasteiger charge is -2.21. The summed E-state index contributed by atoms with van der Waals surface area (Å²) in [5.41, 5.74) is 5.04. The van der Waals surface area contributed by atoms with E-state index >= 15 is 0 Å². The number of imidazole rings is 1. The van der Waals surface area contributed by atoms with Crippen LogP contribution in [0, 0.1) is 18.3 Å². The van der Waals surface area contributed by atoms with E-state index in [0.717, 1.165) is 29.8 Å². The van der Waals surface area contributed by atoms with Crippen LogP contribution in [0.1, 0.15) is 35.9 Å². The molecule has 0 fully saturated rings. The Balaban J connectivity index is 1.48. The summed E-state index contributed by atoms with van der Waals surface area (Å²) in [4.78, 5) is 31.2. The molecule has 0 saturated carbocycles. The average molecular weight is 497 g/mol. The standard InChI is InChI=1S/C29H28N4O4/c1-3-36-28(34)16-18-33(24-7-5-4-6-8-24)29(35)37-25-15-17-32-21(2)26(31-27(32)19-25)14-13-22-9-11-23(20-30)12-10-22/h4-12,15,17,19H,3,13-14,16,18H2,1-2H3. The number of para-hydroxylation sites is 1. The van der Waals surface area contributed by atoms with E-state index in [1.807, 2.05) is 60.0 Å². The first kappa shape index (κ1) is 25.5. The van der Waals surface area contributed by atoms with Crippen LogP contribution in [0.4, 0.5) is 10.5 Å². The van der Waals surface area contributed by atoms with Gasteiger partial charge >= 0.3 is 12.1 Å². The highest BCUT2D eigenvalue weighted by atomic mass is 16.6. The van der Waals surface area contributed by atoms with Crippen molar-refractivity contribution in [1.29, 1.82) is 5.26 Å². The molecule has 0 radical (unpaired) electrons. The predicted molar refractivity (Wildman–Crippen MR) is 140 cm³/mol. The molecule has 1 amide bonds. The van der Waals surface area contributed by atoms with Gasteiger partial charge in [-0.3, -0.25) is 9.69 Å². The Morgan fingerprint density at radius 2 is 1.81 bits per heavy atom.